The molecule has 13 heteroatoms. The van der Waals surface area contributed by atoms with Crippen LogP contribution in [0.2, 0.25) is 0 Å². The molecule has 180 valence electrons. The number of aromatic nitrogens is 4. The number of benzene rings is 2. The summed E-state index contributed by atoms with van der Waals surface area (Å²) in [6.45, 7) is 1.58. The molecule has 1 aromatic heterocycles. The van der Waals surface area contributed by atoms with Gasteiger partial charge in [-0.2, -0.15) is 0 Å². The summed E-state index contributed by atoms with van der Waals surface area (Å²) in [5, 5.41) is 14.0. The van der Waals surface area contributed by atoms with Gasteiger partial charge in [0.25, 0.3) is 0 Å². The maximum absolute atomic E-state index is 12.7. The maximum Gasteiger partial charge on any atom is 0.573 e. The van der Waals surface area contributed by atoms with E-state index in [9.17, 15) is 22.8 Å². The molecule has 1 unspecified atom stereocenters. The van der Waals surface area contributed by atoms with Crippen molar-refractivity contribution in [3.8, 4) is 5.75 Å². The highest BCUT2D eigenvalue weighted by molar-refractivity contribution is 7.99. The summed E-state index contributed by atoms with van der Waals surface area (Å²) >= 11 is 1.05. The lowest BCUT2D eigenvalue weighted by Gasteiger charge is -2.16. The molecular formula is C21H20F3N5O4S. The zero-order chi connectivity index (χ0) is 24.6. The summed E-state index contributed by atoms with van der Waals surface area (Å²) in [7, 11) is 0. The van der Waals surface area contributed by atoms with Gasteiger partial charge in [0.1, 0.15) is 18.9 Å². The van der Waals surface area contributed by atoms with E-state index in [0.29, 0.717) is 11.3 Å². The Balaban J connectivity index is 1.55. The third-order valence-corrected chi connectivity index (χ3v) is 5.36. The Kier molecular flexibility index (Phi) is 8.46. The Labute approximate surface area is 196 Å². The Morgan fingerprint density at radius 1 is 1.12 bits per heavy atom. The molecule has 1 atom stereocenters. The largest absolute Gasteiger partial charge is 0.573 e. The van der Waals surface area contributed by atoms with Crippen LogP contribution in [0.5, 0.6) is 5.75 Å². The lowest BCUT2D eigenvalue weighted by atomic mass is 10.1. The van der Waals surface area contributed by atoms with Crippen molar-refractivity contribution in [1.82, 2.24) is 25.5 Å². The van der Waals surface area contributed by atoms with Gasteiger partial charge < -0.3 is 14.8 Å². The number of ether oxygens (including phenoxy) is 2. The normalized spacial score (nSPS) is 12.1. The van der Waals surface area contributed by atoms with E-state index in [1.165, 1.54) is 16.8 Å². The standard InChI is InChI=1S/C21H20F3N5O4S/c1-2-17(25-20(31)32-13-14-6-4-3-5-7-14)18(30)12-29-19(26-27-28-29)34-16-10-8-15(9-11-16)33-21(22,23)24/h3-11,17H,2,12-13H2,1H3,(H,25,31). The van der Waals surface area contributed by atoms with Crippen LogP contribution in [0, 0.1) is 0 Å². The Morgan fingerprint density at radius 2 is 1.82 bits per heavy atom. The van der Waals surface area contributed by atoms with Gasteiger partial charge in [-0.25, -0.2) is 9.48 Å². The van der Waals surface area contributed by atoms with Gasteiger partial charge in [0, 0.05) is 4.90 Å². The van der Waals surface area contributed by atoms with Gasteiger partial charge in [-0.15, -0.1) is 18.3 Å². The quantitative estimate of drug-likeness (QED) is 0.450. The summed E-state index contributed by atoms with van der Waals surface area (Å²) in [4.78, 5) is 25.3. The summed E-state index contributed by atoms with van der Waals surface area (Å²) in [6.07, 6.45) is -5.18. The maximum atomic E-state index is 12.7. The van der Waals surface area contributed by atoms with Crippen molar-refractivity contribution in [2.45, 2.75) is 49.0 Å². The van der Waals surface area contributed by atoms with Crippen LogP contribution < -0.4 is 10.1 Å². The first-order valence-electron chi connectivity index (χ1n) is 10.0. The molecule has 1 amide bonds. The van der Waals surface area contributed by atoms with Gasteiger partial charge in [0.05, 0.1) is 6.04 Å². The number of carbonyl (C=O) groups is 2. The minimum Gasteiger partial charge on any atom is -0.445 e. The molecule has 3 rings (SSSR count). The molecule has 1 N–H and O–H groups in total. The number of nitrogens with zero attached hydrogens (tertiary/aromatic N) is 4. The topological polar surface area (TPSA) is 108 Å². The van der Waals surface area contributed by atoms with Crippen LogP contribution in [0.15, 0.2) is 64.6 Å². The second-order valence-corrected chi connectivity index (χ2v) is 7.91. The monoisotopic (exact) mass is 495 g/mol. The van der Waals surface area contributed by atoms with E-state index >= 15 is 0 Å². The van der Waals surface area contributed by atoms with Gasteiger partial charge in [-0.1, -0.05) is 37.3 Å². The highest BCUT2D eigenvalue weighted by Gasteiger charge is 2.31. The minimum atomic E-state index is -4.78. The Bertz CT molecular complexity index is 1090. The molecule has 0 radical (unpaired) electrons. The van der Waals surface area contributed by atoms with Crippen LogP contribution in [0.25, 0.3) is 0 Å². The molecule has 0 aliphatic heterocycles. The van der Waals surface area contributed by atoms with Crippen LogP contribution in [0.3, 0.4) is 0 Å². The van der Waals surface area contributed by atoms with Crippen molar-refractivity contribution in [3.05, 3.63) is 60.2 Å². The van der Waals surface area contributed by atoms with Gasteiger partial charge >= 0.3 is 12.5 Å². The number of hydrogen-bond donors (Lipinski definition) is 1. The molecule has 0 fully saturated rings. The van der Waals surface area contributed by atoms with E-state index in [0.717, 1.165) is 29.5 Å². The van der Waals surface area contributed by atoms with Crippen molar-refractivity contribution in [2.24, 2.45) is 0 Å². The average molecular weight is 495 g/mol. The highest BCUT2D eigenvalue weighted by Crippen LogP contribution is 2.29. The van der Waals surface area contributed by atoms with E-state index in [4.69, 9.17) is 4.74 Å². The Morgan fingerprint density at radius 3 is 2.47 bits per heavy atom. The zero-order valence-electron chi connectivity index (χ0n) is 17.9. The summed E-state index contributed by atoms with van der Waals surface area (Å²) in [6, 6.07) is 13.4. The van der Waals surface area contributed by atoms with Crippen LogP contribution >= 0.6 is 11.8 Å². The molecule has 2 aromatic carbocycles. The number of alkyl halides is 3. The fourth-order valence-corrected chi connectivity index (χ4v) is 3.53. The molecule has 0 bridgehead atoms. The third-order valence-electron chi connectivity index (χ3n) is 4.37. The number of Topliss-reactive ketones (excluding diaryl/α,β-unsaturated/α-hetero) is 1. The van der Waals surface area contributed by atoms with Crippen molar-refractivity contribution in [1.29, 1.82) is 0 Å². The van der Waals surface area contributed by atoms with Gasteiger partial charge in [-0.05, 0) is 58.4 Å². The van der Waals surface area contributed by atoms with E-state index in [-0.39, 0.29) is 29.8 Å². The molecule has 0 aliphatic rings. The van der Waals surface area contributed by atoms with E-state index in [2.05, 4.69) is 25.6 Å². The molecule has 34 heavy (non-hydrogen) atoms. The molecule has 9 nitrogen and oxygen atoms in total. The predicted molar refractivity (Wildman–Crippen MR) is 114 cm³/mol. The van der Waals surface area contributed by atoms with Crippen LogP contribution in [-0.2, 0) is 22.7 Å². The molecule has 0 saturated heterocycles. The van der Waals surface area contributed by atoms with Crippen LogP contribution in [0.1, 0.15) is 18.9 Å². The number of carbonyl (C=O) groups excluding carboxylic acids is 2. The van der Waals surface area contributed by atoms with E-state index in [1.807, 2.05) is 30.3 Å². The number of tetrazole rings is 1. The lowest BCUT2D eigenvalue weighted by Crippen LogP contribution is -2.42. The number of ketones is 1. The van der Waals surface area contributed by atoms with Crippen LogP contribution in [-0.4, -0.2) is 44.5 Å². The first-order chi connectivity index (χ1) is 16.2. The lowest BCUT2D eigenvalue weighted by molar-refractivity contribution is -0.274. The SMILES string of the molecule is CCC(NC(=O)OCc1ccccc1)C(=O)Cn1nnnc1Sc1ccc(OC(F)(F)F)cc1. The van der Waals surface area contributed by atoms with Gasteiger partial charge in [0.15, 0.2) is 5.78 Å². The number of hydrogen-bond acceptors (Lipinski definition) is 8. The second-order valence-electron chi connectivity index (χ2n) is 6.87. The van der Waals surface area contributed by atoms with E-state index in [1.54, 1.807) is 6.92 Å². The highest BCUT2D eigenvalue weighted by atomic mass is 32.2. The molecule has 0 spiro atoms. The molecule has 0 aliphatic carbocycles. The number of halogens is 3. The first kappa shape index (κ1) is 25.0. The molecular weight excluding hydrogens is 475 g/mol. The smallest absolute Gasteiger partial charge is 0.445 e. The molecule has 1 heterocycles. The molecule has 3 aromatic rings. The number of alkyl carbamates (subject to hydrolysis) is 1. The van der Waals surface area contributed by atoms with Gasteiger partial charge in [0.2, 0.25) is 5.16 Å². The minimum absolute atomic E-state index is 0.0673. The van der Waals surface area contributed by atoms with E-state index < -0.39 is 18.5 Å². The summed E-state index contributed by atoms with van der Waals surface area (Å²) < 4.78 is 47.1. The van der Waals surface area contributed by atoms with Crippen molar-refractivity contribution in [2.75, 3.05) is 0 Å². The van der Waals surface area contributed by atoms with Crippen molar-refractivity contribution >= 4 is 23.6 Å². The number of rotatable bonds is 10. The van der Waals surface area contributed by atoms with Crippen molar-refractivity contribution < 1.29 is 32.2 Å². The number of amides is 1. The predicted octanol–water partition coefficient (Wildman–Crippen LogP) is 4.00. The number of nitrogens with one attached hydrogen (secondary N) is 1. The molecule has 0 saturated carbocycles. The van der Waals surface area contributed by atoms with Crippen LogP contribution in [0.4, 0.5) is 18.0 Å². The summed E-state index contributed by atoms with van der Waals surface area (Å²) in [5.41, 5.74) is 0.811. The third kappa shape index (κ3) is 7.76. The average Bonchev–Trinajstić information content (AvgIpc) is 3.23. The zero-order valence-corrected chi connectivity index (χ0v) is 18.7. The fraction of sp³-hybridized carbons (Fsp3) is 0.286. The fourth-order valence-electron chi connectivity index (χ4n) is 2.76. The summed E-state index contributed by atoms with van der Waals surface area (Å²) in [5.74, 6) is -0.704. The second kappa shape index (κ2) is 11.5. The van der Waals surface area contributed by atoms with Gasteiger partial charge in [-0.3, -0.25) is 4.79 Å². The van der Waals surface area contributed by atoms with Crippen molar-refractivity contribution in [3.63, 3.8) is 0 Å². The Hall–Kier alpha value is -3.61. The first-order valence-corrected chi connectivity index (χ1v) is 10.8.